The maximum Gasteiger partial charge on any atom is 0.117 e. The molecule has 1 aliphatic carbocycles. The van der Waals surface area contributed by atoms with Crippen LogP contribution in [-0.2, 0) is 13.1 Å². The Labute approximate surface area is 107 Å². The van der Waals surface area contributed by atoms with Gasteiger partial charge in [0.15, 0.2) is 0 Å². The molecule has 2 aromatic heterocycles. The Morgan fingerprint density at radius 3 is 2.72 bits per heavy atom. The van der Waals surface area contributed by atoms with Crippen LogP contribution >= 0.6 is 0 Å². The van der Waals surface area contributed by atoms with Crippen molar-refractivity contribution < 1.29 is 4.42 Å². The second-order valence-electron chi connectivity index (χ2n) is 5.08. The fourth-order valence-electron chi connectivity index (χ4n) is 2.24. The number of aromatic nitrogens is 1. The Morgan fingerprint density at radius 2 is 2.00 bits per heavy atom. The van der Waals surface area contributed by atoms with E-state index in [-0.39, 0.29) is 0 Å². The molecule has 18 heavy (non-hydrogen) atoms. The van der Waals surface area contributed by atoms with Crippen molar-refractivity contribution >= 4 is 0 Å². The van der Waals surface area contributed by atoms with Crippen molar-refractivity contribution in [3.05, 3.63) is 53.7 Å². The summed E-state index contributed by atoms with van der Waals surface area (Å²) in [5, 5.41) is 3.38. The minimum absolute atomic E-state index is 0.666. The average Bonchev–Trinajstić information content (AvgIpc) is 2.94. The van der Waals surface area contributed by atoms with Crippen LogP contribution in [0.25, 0.3) is 0 Å². The van der Waals surface area contributed by atoms with Crippen molar-refractivity contribution in [3.8, 4) is 0 Å². The molecule has 1 saturated carbocycles. The monoisotopic (exact) mass is 242 g/mol. The molecule has 3 heteroatoms. The Hall–Kier alpha value is -1.61. The van der Waals surface area contributed by atoms with Gasteiger partial charge in [-0.2, -0.15) is 0 Å². The van der Waals surface area contributed by atoms with Crippen LogP contribution in [0.1, 0.15) is 36.3 Å². The van der Waals surface area contributed by atoms with E-state index in [4.69, 9.17) is 4.42 Å². The number of rotatable bonds is 5. The smallest absolute Gasteiger partial charge is 0.117 e. The lowest BCUT2D eigenvalue weighted by Gasteiger charge is -2.02. The highest BCUT2D eigenvalue weighted by molar-refractivity contribution is 5.17. The van der Waals surface area contributed by atoms with Crippen LogP contribution in [0.5, 0.6) is 0 Å². The summed E-state index contributed by atoms with van der Waals surface area (Å²) in [6, 6.07) is 8.25. The molecule has 0 unspecified atom stereocenters. The van der Waals surface area contributed by atoms with E-state index in [2.05, 4.69) is 29.4 Å². The number of hydrogen-bond acceptors (Lipinski definition) is 3. The molecule has 0 aliphatic heterocycles. The molecular weight excluding hydrogens is 224 g/mol. The first-order valence-electron chi connectivity index (χ1n) is 6.51. The van der Waals surface area contributed by atoms with Gasteiger partial charge in [-0.05, 0) is 42.2 Å². The fraction of sp³-hybridized carbons (Fsp3) is 0.400. The first kappa shape index (κ1) is 11.5. The minimum Gasteiger partial charge on any atom is -0.464 e. The molecule has 0 bridgehead atoms. The number of furan rings is 1. The highest BCUT2D eigenvalue weighted by Crippen LogP contribution is 2.47. The lowest BCUT2D eigenvalue weighted by molar-refractivity contribution is 0.444. The van der Waals surface area contributed by atoms with E-state index in [0.29, 0.717) is 5.92 Å². The van der Waals surface area contributed by atoms with E-state index in [1.807, 2.05) is 24.5 Å². The van der Waals surface area contributed by atoms with Crippen LogP contribution in [0.15, 0.2) is 41.1 Å². The van der Waals surface area contributed by atoms with E-state index in [1.54, 1.807) is 0 Å². The topological polar surface area (TPSA) is 38.1 Å². The van der Waals surface area contributed by atoms with Gasteiger partial charge < -0.3 is 9.73 Å². The van der Waals surface area contributed by atoms with Crippen molar-refractivity contribution in [2.75, 3.05) is 0 Å². The Bertz CT molecular complexity index is 506. The molecule has 3 nitrogen and oxygen atoms in total. The fourth-order valence-corrected chi connectivity index (χ4v) is 2.24. The summed E-state index contributed by atoms with van der Waals surface area (Å²) in [6.07, 6.45) is 4.91. The van der Waals surface area contributed by atoms with Gasteiger partial charge >= 0.3 is 0 Å². The summed E-state index contributed by atoms with van der Waals surface area (Å²) in [7, 11) is 0. The molecule has 94 valence electrons. The van der Waals surface area contributed by atoms with Gasteiger partial charge in [-0.1, -0.05) is 6.92 Å². The maximum atomic E-state index is 5.84. The molecule has 0 saturated heterocycles. The second-order valence-corrected chi connectivity index (χ2v) is 5.08. The number of pyridine rings is 1. The second kappa shape index (κ2) is 4.94. The first-order chi connectivity index (χ1) is 8.83. The lowest BCUT2D eigenvalue weighted by Crippen LogP contribution is -2.11. The molecule has 0 radical (unpaired) electrons. The van der Waals surface area contributed by atoms with Gasteiger partial charge in [-0.25, -0.2) is 0 Å². The van der Waals surface area contributed by atoms with Crippen LogP contribution in [0.2, 0.25) is 0 Å². The highest BCUT2D eigenvalue weighted by Gasteiger charge is 2.36. The molecule has 1 aliphatic rings. The highest BCUT2D eigenvalue weighted by atomic mass is 16.3. The zero-order valence-electron chi connectivity index (χ0n) is 10.6. The average molecular weight is 242 g/mol. The van der Waals surface area contributed by atoms with Gasteiger partial charge in [0.2, 0.25) is 0 Å². The summed E-state index contributed by atoms with van der Waals surface area (Å²) in [6.45, 7) is 3.90. The van der Waals surface area contributed by atoms with Crippen molar-refractivity contribution in [2.45, 2.75) is 32.4 Å². The van der Waals surface area contributed by atoms with Crippen LogP contribution < -0.4 is 5.32 Å². The minimum atomic E-state index is 0.666. The Balaban J connectivity index is 1.50. The first-order valence-corrected chi connectivity index (χ1v) is 6.51. The zero-order chi connectivity index (χ0) is 12.4. The quantitative estimate of drug-likeness (QED) is 0.875. The summed E-state index contributed by atoms with van der Waals surface area (Å²) in [5.41, 5.74) is 1.24. The van der Waals surface area contributed by atoms with Gasteiger partial charge in [0.1, 0.15) is 11.5 Å². The van der Waals surface area contributed by atoms with Gasteiger partial charge in [0.05, 0.1) is 6.54 Å². The van der Waals surface area contributed by atoms with E-state index in [1.165, 1.54) is 12.0 Å². The van der Waals surface area contributed by atoms with Crippen LogP contribution in [0.3, 0.4) is 0 Å². The van der Waals surface area contributed by atoms with Crippen molar-refractivity contribution in [1.29, 1.82) is 0 Å². The SMILES string of the molecule is C[C@@H]1C[C@@H]1c1ccc(CNCc2ccncc2)o1. The molecular formula is C15H18N2O. The van der Waals surface area contributed by atoms with Gasteiger partial charge in [0, 0.05) is 24.9 Å². The maximum absolute atomic E-state index is 5.84. The van der Waals surface area contributed by atoms with Crippen LogP contribution in [0, 0.1) is 5.92 Å². The van der Waals surface area contributed by atoms with Gasteiger partial charge in [-0.3, -0.25) is 4.98 Å². The molecule has 2 atom stereocenters. The summed E-state index contributed by atoms with van der Waals surface area (Å²) < 4.78 is 5.84. The van der Waals surface area contributed by atoms with Gasteiger partial charge in [-0.15, -0.1) is 0 Å². The molecule has 0 aromatic carbocycles. The van der Waals surface area contributed by atoms with Crippen LogP contribution in [0.4, 0.5) is 0 Å². The molecule has 2 heterocycles. The number of hydrogen-bond donors (Lipinski definition) is 1. The zero-order valence-corrected chi connectivity index (χ0v) is 10.6. The van der Waals surface area contributed by atoms with E-state index in [0.717, 1.165) is 30.5 Å². The lowest BCUT2D eigenvalue weighted by atomic mass is 10.2. The standard InChI is InChI=1S/C15H18N2O/c1-11-8-14(11)15-3-2-13(18-15)10-17-9-12-4-6-16-7-5-12/h2-7,11,14,17H,8-10H2,1H3/t11-,14+/m1/s1. The third kappa shape index (κ3) is 2.62. The van der Waals surface area contributed by atoms with E-state index in [9.17, 15) is 0 Å². The third-order valence-electron chi connectivity index (χ3n) is 3.54. The summed E-state index contributed by atoms with van der Waals surface area (Å²) >= 11 is 0. The normalized spacial score (nSPS) is 22.1. The number of nitrogens with one attached hydrogen (secondary N) is 1. The molecule has 0 spiro atoms. The Kier molecular flexibility index (Phi) is 3.15. The van der Waals surface area contributed by atoms with E-state index < -0.39 is 0 Å². The Morgan fingerprint density at radius 1 is 1.22 bits per heavy atom. The van der Waals surface area contributed by atoms with Crippen molar-refractivity contribution in [2.24, 2.45) is 5.92 Å². The molecule has 3 rings (SSSR count). The number of nitrogens with zero attached hydrogens (tertiary/aromatic N) is 1. The van der Waals surface area contributed by atoms with Crippen LogP contribution in [-0.4, -0.2) is 4.98 Å². The predicted octanol–water partition coefficient (Wildman–Crippen LogP) is 3.09. The van der Waals surface area contributed by atoms with Gasteiger partial charge in [0.25, 0.3) is 0 Å². The molecule has 0 amide bonds. The van der Waals surface area contributed by atoms with E-state index >= 15 is 0 Å². The predicted molar refractivity (Wildman–Crippen MR) is 70.0 cm³/mol. The summed E-state index contributed by atoms with van der Waals surface area (Å²) in [5.74, 6) is 3.65. The third-order valence-corrected chi connectivity index (χ3v) is 3.54. The largest absolute Gasteiger partial charge is 0.464 e. The summed E-state index contributed by atoms with van der Waals surface area (Å²) in [4.78, 5) is 4.00. The molecule has 2 aromatic rings. The molecule has 1 N–H and O–H groups in total. The molecule has 1 fully saturated rings. The van der Waals surface area contributed by atoms with Crippen molar-refractivity contribution in [3.63, 3.8) is 0 Å². The van der Waals surface area contributed by atoms with Crippen molar-refractivity contribution in [1.82, 2.24) is 10.3 Å².